The molecule has 0 aliphatic heterocycles. The first-order valence-electron chi connectivity index (χ1n) is 4.56. The monoisotopic (exact) mass is 210 g/mol. The number of ether oxygens (including phenoxy) is 2. The molecule has 1 rings (SSSR count). The SMILES string of the molecule is COc1ccc(C(O)CC=O)cc1OC. The Balaban J connectivity index is 2.96. The molecule has 0 amide bonds. The van der Waals surface area contributed by atoms with Crippen molar-refractivity contribution in [1.29, 1.82) is 0 Å². The molecule has 1 unspecified atom stereocenters. The van der Waals surface area contributed by atoms with Crippen LogP contribution in [0.5, 0.6) is 11.5 Å². The quantitative estimate of drug-likeness (QED) is 0.745. The van der Waals surface area contributed by atoms with Gasteiger partial charge in [-0.2, -0.15) is 0 Å². The Kier molecular flexibility index (Phi) is 4.12. The second kappa shape index (κ2) is 5.36. The van der Waals surface area contributed by atoms with Gasteiger partial charge in [-0.3, -0.25) is 0 Å². The van der Waals surface area contributed by atoms with Crippen molar-refractivity contribution in [3.05, 3.63) is 23.8 Å². The van der Waals surface area contributed by atoms with Gasteiger partial charge in [-0.1, -0.05) is 6.07 Å². The lowest BCUT2D eigenvalue weighted by Crippen LogP contribution is -1.99. The normalized spacial score (nSPS) is 11.9. The van der Waals surface area contributed by atoms with Crippen molar-refractivity contribution in [3.63, 3.8) is 0 Å². The molecule has 0 spiro atoms. The van der Waals surface area contributed by atoms with Gasteiger partial charge in [0.15, 0.2) is 11.5 Å². The van der Waals surface area contributed by atoms with Crippen LogP contribution in [0.2, 0.25) is 0 Å². The van der Waals surface area contributed by atoms with Crippen LogP contribution < -0.4 is 9.47 Å². The molecular weight excluding hydrogens is 196 g/mol. The highest BCUT2D eigenvalue weighted by molar-refractivity contribution is 5.52. The topological polar surface area (TPSA) is 55.8 Å². The molecule has 1 atom stereocenters. The summed E-state index contributed by atoms with van der Waals surface area (Å²) in [6.45, 7) is 0. The van der Waals surface area contributed by atoms with Crippen molar-refractivity contribution in [2.75, 3.05) is 14.2 Å². The van der Waals surface area contributed by atoms with Crippen molar-refractivity contribution in [2.24, 2.45) is 0 Å². The van der Waals surface area contributed by atoms with Gasteiger partial charge in [-0.15, -0.1) is 0 Å². The van der Waals surface area contributed by atoms with Gasteiger partial charge in [0.25, 0.3) is 0 Å². The van der Waals surface area contributed by atoms with Gasteiger partial charge in [0.2, 0.25) is 0 Å². The number of carbonyl (C=O) groups excluding carboxylic acids is 1. The van der Waals surface area contributed by atoms with Gasteiger partial charge < -0.3 is 19.4 Å². The fourth-order valence-corrected chi connectivity index (χ4v) is 1.29. The smallest absolute Gasteiger partial charge is 0.161 e. The molecule has 4 heteroatoms. The minimum Gasteiger partial charge on any atom is -0.493 e. The van der Waals surface area contributed by atoms with E-state index in [1.165, 1.54) is 7.11 Å². The van der Waals surface area contributed by atoms with Crippen LogP contribution in [0.15, 0.2) is 18.2 Å². The molecule has 1 aromatic carbocycles. The van der Waals surface area contributed by atoms with Crippen LogP contribution in [0.4, 0.5) is 0 Å². The van der Waals surface area contributed by atoms with E-state index in [-0.39, 0.29) is 6.42 Å². The van der Waals surface area contributed by atoms with E-state index in [1.54, 1.807) is 25.3 Å². The number of aldehydes is 1. The molecule has 0 saturated heterocycles. The van der Waals surface area contributed by atoms with Crippen LogP contribution in [0.1, 0.15) is 18.1 Å². The van der Waals surface area contributed by atoms with Crippen molar-refractivity contribution in [3.8, 4) is 11.5 Å². The number of methoxy groups -OCH3 is 2. The Morgan fingerprint density at radius 1 is 1.33 bits per heavy atom. The van der Waals surface area contributed by atoms with Crippen molar-refractivity contribution in [2.45, 2.75) is 12.5 Å². The van der Waals surface area contributed by atoms with Crippen LogP contribution in [0.3, 0.4) is 0 Å². The van der Waals surface area contributed by atoms with E-state index in [4.69, 9.17) is 9.47 Å². The molecule has 15 heavy (non-hydrogen) atoms. The van der Waals surface area contributed by atoms with E-state index in [0.29, 0.717) is 23.3 Å². The summed E-state index contributed by atoms with van der Waals surface area (Å²) in [5.74, 6) is 1.14. The minimum absolute atomic E-state index is 0.0789. The number of rotatable bonds is 5. The lowest BCUT2D eigenvalue weighted by atomic mass is 10.1. The summed E-state index contributed by atoms with van der Waals surface area (Å²) in [7, 11) is 3.06. The van der Waals surface area contributed by atoms with E-state index < -0.39 is 6.10 Å². The second-order valence-electron chi connectivity index (χ2n) is 3.03. The first-order valence-corrected chi connectivity index (χ1v) is 4.56. The number of benzene rings is 1. The standard InChI is InChI=1S/C11H14O4/c1-14-10-4-3-8(7-11(10)15-2)9(13)5-6-12/h3-4,6-7,9,13H,5H2,1-2H3. The summed E-state index contributed by atoms with van der Waals surface area (Å²) in [5, 5.41) is 9.58. The maximum absolute atomic E-state index is 10.3. The molecule has 4 nitrogen and oxygen atoms in total. The Morgan fingerprint density at radius 2 is 2.00 bits per heavy atom. The maximum atomic E-state index is 10.3. The van der Waals surface area contributed by atoms with Gasteiger partial charge in [0.1, 0.15) is 6.29 Å². The highest BCUT2D eigenvalue weighted by Crippen LogP contribution is 2.30. The molecule has 1 aromatic rings. The zero-order valence-electron chi connectivity index (χ0n) is 8.77. The predicted molar refractivity (Wildman–Crippen MR) is 55.2 cm³/mol. The zero-order valence-corrected chi connectivity index (χ0v) is 8.77. The number of hydrogen-bond acceptors (Lipinski definition) is 4. The largest absolute Gasteiger partial charge is 0.493 e. The molecule has 0 saturated carbocycles. The third kappa shape index (κ3) is 2.70. The van der Waals surface area contributed by atoms with E-state index in [1.807, 2.05) is 0 Å². The molecule has 0 radical (unpaired) electrons. The Hall–Kier alpha value is -1.55. The van der Waals surface area contributed by atoms with Gasteiger partial charge >= 0.3 is 0 Å². The molecule has 0 aliphatic rings. The molecule has 0 aromatic heterocycles. The lowest BCUT2D eigenvalue weighted by Gasteiger charge is -2.12. The Morgan fingerprint density at radius 3 is 2.53 bits per heavy atom. The van der Waals surface area contributed by atoms with Crippen LogP contribution in [-0.4, -0.2) is 25.6 Å². The predicted octanol–water partition coefficient (Wildman–Crippen LogP) is 1.33. The molecule has 82 valence electrons. The molecule has 1 N–H and O–H groups in total. The third-order valence-electron chi connectivity index (χ3n) is 2.11. The zero-order chi connectivity index (χ0) is 11.3. The fourth-order valence-electron chi connectivity index (χ4n) is 1.29. The van der Waals surface area contributed by atoms with Gasteiger partial charge in [0.05, 0.1) is 20.3 Å². The highest BCUT2D eigenvalue weighted by atomic mass is 16.5. The van der Waals surface area contributed by atoms with Crippen molar-refractivity contribution >= 4 is 6.29 Å². The number of aliphatic hydroxyl groups is 1. The van der Waals surface area contributed by atoms with E-state index in [0.717, 1.165) is 0 Å². The average molecular weight is 210 g/mol. The Labute approximate surface area is 88.4 Å². The first kappa shape index (κ1) is 11.5. The summed E-state index contributed by atoms with van der Waals surface area (Å²) < 4.78 is 10.1. The summed E-state index contributed by atoms with van der Waals surface area (Å²) in [6, 6.07) is 5.06. The summed E-state index contributed by atoms with van der Waals surface area (Å²) in [5.41, 5.74) is 0.639. The molecule has 0 heterocycles. The van der Waals surface area contributed by atoms with Crippen LogP contribution in [-0.2, 0) is 4.79 Å². The molecule has 0 bridgehead atoms. The highest BCUT2D eigenvalue weighted by Gasteiger charge is 2.10. The minimum atomic E-state index is -0.790. The van der Waals surface area contributed by atoms with Gasteiger partial charge in [-0.05, 0) is 17.7 Å². The summed E-state index contributed by atoms with van der Waals surface area (Å²) in [4.78, 5) is 10.3. The molecular formula is C11H14O4. The second-order valence-corrected chi connectivity index (χ2v) is 3.03. The third-order valence-corrected chi connectivity index (χ3v) is 2.11. The first-order chi connectivity index (χ1) is 7.22. The summed E-state index contributed by atoms with van der Waals surface area (Å²) in [6.07, 6.45) is -0.0288. The lowest BCUT2D eigenvalue weighted by molar-refractivity contribution is -0.109. The van der Waals surface area contributed by atoms with Crippen LogP contribution in [0, 0.1) is 0 Å². The number of carbonyl (C=O) groups is 1. The molecule has 0 fully saturated rings. The van der Waals surface area contributed by atoms with E-state index in [2.05, 4.69) is 0 Å². The van der Waals surface area contributed by atoms with Crippen LogP contribution in [0.25, 0.3) is 0 Å². The maximum Gasteiger partial charge on any atom is 0.161 e. The fraction of sp³-hybridized carbons (Fsp3) is 0.364. The summed E-state index contributed by atoms with van der Waals surface area (Å²) >= 11 is 0. The Bertz CT molecular complexity index is 335. The van der Waals surface area contributed by atoms with Gasteiger partial charge in [0, 0.05) is 6.42 Å². The molecule has 0 aliphatic carbocycles. The van der Waals surface area contributed by atoms with E-state index >= 15 is 0 Å². The number of aliphatic hydroxyl groups excluding tert-OH is 1. The van der Waals surface area contributed by atoms with Crippen molar-refractivity contribution in [1.82, 2.24) is 0 Å². The van der Waals surface area contributed by atoms with Gasteiger partial charge in [-0.25, -0.2) is 0 Å². The van der Waals surface area contributed by atoms with E-state index in [9.17, 15) is 9.90 Å². The average Bonchev–Trinajstić information content (AvgIpc) is 2.28. The van der Waals surface area contributed by atoms with Crippen LogP contribution >= 0.6 is 0 Å². The number of hydrogen-bond donors (Lipinski definition) is 1. The van der Waals surface area contributed by atoms with Crippen molar-refractivity contribution < 1.29 is 19.4 Å².